The van der Waals surface area contributed by atoms with E-state index >= 15 is 0 Å². The predicted molar refractivity (Wildman–Crippen MR) is 77.0 cm³/mol. The highest BCUT2D eigenvalue weighted by atomic mass is 28.4. The summed E-state index contributed by atoms with van der Waals surface area (Å²) in [7, 11) is -5.22. The van der Waals surface area contributed by atoms with Crippen molar-refractivity contribution in [3.8, 4) is 0 Å². The minimum absolute atomic E-state index is 0.653. The molecule has 16 heteroatoms. The standard InChI is InChI=1S/2H8O4Si4/c2*1-5-2-7-4-8-3-6-1/h2*5-8H2. The van der Waals surface area contributed by atoms with Crippen molar-refractivity contribution in [3.05, 3.63) is 0 Å². The van der Waals surface area contributed by atoms with E-state index in [0.29, 0.717) is 0 Å². The Morgan fingerprint density at radius 2 is 0.375 bits per heavy atom. The van der Waals surface area contributed by atoms with Gasteiger partial charge < -0.3 is 32.9 Å². The van der Waals surface area contributed by atoms with Crippen molar-refractivity contribution in [3.63, 3.8) is 0 Å². The molecule has 0 aromatic carbocycles. The molecule has 0 N–H and O–H groups in total. The number of hydrogen-bond acceptors (Lipinski definition) is 8. The van der Waals surface area contributed by atoms with Gasteiger partial charge in [-0.25, -0.2) is 0 Å². The van der Waals surface area contributed by atoms with E-state index in [4.69, 9.17) is 32.9 Å². The first-order valence-electron chi connectivity index (χ1n) is 4.62. The number of rotatable bonds is 0. The van der Waals surface area contributed by atoms with Gasteiger partial charge in [0, 0.05) is 0 Å². The minimum atomic E-state index is -0.653. The van der Waals surface area contributed by atoms with Crippen LogP contribution in [0.5, 0.6) is 0 Å². The zero-order chi connectivity index (χ0) is 11.3. The SMILES string of the molecule is O1[SiH2]O[SiH2]O[SiH2]O[SiH2]1.O1[SiH2]O[SiH2]O[SiH2]O[SiH2]1. The first-order valence-corrected chi connectivity index (χ1v) is 13.9. The van der Waals surface area contributed by atoms with Crippen LogP contribution in [0, 0.1) is 0 Å². The zero-order valence-corrected chi connectivity index (χ0v) is 20.2. The van der Waals surface area contributed by atoms with Crippen molar-refractivity contribution in [2.75, 3.05) is 0 Å². The molecular weight excluding hydrogens is 353 g/mol. The minimum Gasteiger partial charge on any atom is -0.425 e. The first kappa shape index (κ1) is 15.5. The molecule has 0 bridgehead atoms. The molecular formula is H16O8Si8. The van der Waals surface area contributed by atoms with Crippen molar-refractivity contribution >= 4 is 80.1 Å². The largest absolute Gasteiger partial charge is 0.425 e. The van der Waals surface area contributed by atoms with Crippen molar-refractivity contribution in [1.82, 2.24) is 0 Å². The van der Waals surface area contributed by atoms with Crippen LogP contribution in [0.15, 0.2) is 0 Å². The fraction of sp³-hybridized carbons (Fsp3) is 0. The maximum atomic E-state index is 5.10. The molecule has 0 amide bonds. The molecule has 0 aromatic heterocycles. The molecule has 96 valence electrons. The van der Waals surface area contributed by atoms with Gasteiger partial charge in [-0.1, -0.05) is 0 Å². The molecule has 2 rings (SSSR count). The summed E-state index contributed by atoms with van der Waals surface area (Å²) in [5.74, 6) is 0. The van der Waals surface area contributed by atoms with Gasteiger partial charge in [0.2, 0.25) is 0 Å². The predicted octanol–water partition coefficient (Wildman–Crippen LogP) is -7.88. The van der Waals surface area contributed by atoms with Crippen molar-refractivity contribution in [2.45, 2.75) is 0 Å². The van der Waals surface area contributed by atoms with Crippen LogP contribution in [0.25, 0.3) is 0 Å². The van der Waals surface area contributed by atoms with Crippen LogP contribution in [0.4, 0.5) is 0 Å². The summed E-state index contributed by atoms with van der Waals surface area (Å²) in [5.41, 5.74) is 0. The second kappa shape index (κ2) is 12.9. The monoisotopic (exact) mass is 368 g/mol. The molecule has 2 aliphatic heterocycles. The smallest absolute Gasteiger partial charge is 0.286 e. The van der Waals surface area contributed by atoms with Gasteiger partial charge in [-0.05, 0) is 0 Å². The van der Waals surface area contributed by atoms with Crippen LogP contribution in [0.2, 0.25) is 0 Å². The van der Waals surface area contributed by atoms with E-state index in [1.165, 1.54) is 0 Å². The molecule has 2 aliphatic rings. The third-order valence-corrected chi connectivity index (χ3v) is 12.0. The Kier molecular flexibility index (Phi) is 12.4. The Balaban J connectivity index is 0.000000160. The maximum Gasteiger partial charge on any atom is 0.286 e. The maximum absolute atomic E-state index is 5.10. The molecule has 2 fully saturated rings. The summed E-state index contributed by atoms with van der Waals surface area (Å²) in [6, 6.07) is 0. The molecule has 0 saturated carbocycles. The average molecular weight is 369 g/mol. The molecule has 2 heterocycles. The summed E-state index contributed by atoms with van der Waals surface area (Å²) in [6.07, 6.45) is 0. The molecule has 0 radical (unpaired) electrons. The van der Waals surface area contributed by atoms with Crippen LogP contribution in [-0.2, 0) is 32.9 Å². The molecule has 8 nitrogen and oxygen atoms in total. The van der Waals surface area contributed by atoms with Gasteiger partial charge in [0.25, 0.3) is 80.1 Å². The summed E-state index contributed by atoms with van der Waals surface area (Å²) in [4.78, 5) is 0. The topological polar surface area (TPSA) is 73.8 Å². The molecule has 0 atom stereocenters. The van der Waals surface area contributed by atoms with Gasteiger partial charge in [0.15, 0.2) is 0 Å². The Morgan fingerprint density at radius 3 is 0.500 bits per heavy atom. The van der Waals surface area contributed by atoms with Gasteiger partial charge in [0.05, 0.1) is 0 Å². The van der Waals surface area contributed by atoms with Crippen molar-refractivity contribution in [2.24, 2.45) is 0 Å². The lowest BCUT2D eigenvalue weighted by molar-refractivity contribution is 0.346. The van der Waals surface area contributed by atoms with Gasteiger partial charge in [-0.3, -0.25) is 0 Å². The molecule has 0 unspecified atom stereocenters. The lowest BCUT2D eigenvalue weighted by Crippen LogP contribution is -2.23. The second-order valence-corrected chi connectivity index (χ2v) is 17.5. The van der Waals surface area contributed by atoms with Gasteiger partial charge in [0.1, 0.15) is 0 Å². The fourth-order valence-electron chi connectivity index (χ4n) is 0.744. The van der Waals surface area contributed by atoms with E-state index in [9.17, 15) is 0 Å². The number of hydrogen-bond donors (Lipinski definition) is 0. The fourth-order valence-corrected chi connectivity index (χ4v) is 15.2. The zero-order valence-electron chi connectivity index (χ0n) is 8.92. The second-order valence-electron chi connectivity index (χ2n) is 2.58. The average Bonchev–Trinajstić information content (AvgIpc) is 2.15. The Hall–Kier alpha value is 1.42. The van der Waals surface area contributed by atoms with Gasteiger partial charge in [-0.2, -0.15) is 0 Å². The lowest BCUT2D eigenvalue weighted by Gasteiger charge is -2.10. The summed E-state index contributed by atoms with van der Waals surface area (Å²) in [5, 5.41) is 0. The van der Waals surface area contributed by atoms with Crippen LogP contribution in [-0.4, -0.2) is 80.1 Å². The van der Waals surface area contributed by atoms with Crippen LogP contribution >= 0.6 is 0 Å². The highest BCUT2D eigenvalue weighted by molar-refractivity contribution is 6.50. The normalized spacial score (nSPS) is 36.0. The molecule has 0 aromatic rings. The van der Waals surface area contributed by atoms with Gasteiger partial charge >= 0.3 is 0 Å². The summed E-state index contributed by atoms with van der Waals surface area (Å²) in [6.45, 7) is 0. The van der Waals surface area contributed by atoms with E-state index in [-0.39, 0.29) is 0 Å². The van der Waals surface area contributed by atoms with Gasteiger partial charge in [-0.15, -0.1) is 0 Å². The van der Waals surface area contributed by atoms with Crippen LogP contribution in [0.3, 0.4) is 0 Å². The first-order chi connectivity index (χ1) is 8.00. The highest BCUT2D eigenvalue weighted by Crippen LogP contribution is 1.79. The third-order valence-electron chi connectivity index (χ3n) is 1.33. The van der Waals surface area contributed by atoms with E-state index in [0.717, 1.165) is 0 Å². The van der Waals surface area contributed by atoms with E-state index in [2.05, 4.69) is 0 Å². The van der Waals surface area contributed by atoms with Crippen LogP contribution < -0.4 is 0 Å². The summed E-state index contributed by atoms with van der Waals surface area (Å²) < 4.78 is 40.8. The Bertz CT molecular complexity index is 80.0. The highest BCUT2D eigenvalue weighted by Gasteiger charge is 1.97. The molecule has 0 spiro atoms. The Labute approximate surface area is 113 Å². The third kappa shape index (κ3) is 10.6. The van der Waals surface area contributed by atoms with Crippen molar-refractivity contribution < 1.29 is 32.9 Å². The molecule has 16 heavy (non-hydrogen) atoms. The Morgan fingerprint density at radius 1 is 0.250 bits per heavy atom. The molecule has 0 aliphatic carbocycles. The van der Waals surface area contributed by atoms with E-state index in [1.54, 1.807) is 0 Å². The summed E-state index contributed by atoms with van der Waals surface area (Å²) >= 11 is 0. The van der Waals surface area contributed by atoms with Crippen LogP contribution in [0.1, 0.15) is 0 Å². The molecule has 2 saturated heterocycles. The van der Waals surface area contributed by atoms with E-state index in [1.807, 2.05) is 0 Å². The lowest BCUT2D eigenvalue weighted by atomic mass is 15.7. The van der Waals surface area contributed by atoms with E-state index < -0.39 is 80.1 Å². The van der Waals surface area contributed by atoms with Crippen molar-refractivity contribution in [1.29, 1.82) is 0 Å². The quantitative estimate of drug-likeness (QED) is 0.390.